The second kappa shape index (κ2) is 5.52. The van der Waals surface area contributed by atoms with Crippen molar-refractivity contribution >= 4 is 17.5 Å². The summed E-state index contributed by atoms with van der Waals surface area (Å²) in [5.74, 6) is -0.981. The van der Waals surface area contributed by atoms with Gasteiger partial charge in [0, 0.05) is 12.7 Å². The highest BCUT2D eigenvalue weighted by Crippen LogP contribution is 2.14. The van der Waals surface area contributed by atoms with E-state index in [1.807, 2.05) is 13.8 Å². The number of aryl methyl sites for hydroxylation is 2. The molecular weight excluding hydrogens is 258 g/mol. The molecule has 2 amide bonds. The van der Waals surface area contributed by atoms with Crippen LogP contribution in [0, 0.1) is 6.92 Å². The molecule has 0 aliphatic rings. The van der Waals surface area contributed by atoms with Crippen LogP contribution in [0.3, 0.4) is 0 Å². The van der Waals surface area contributed by atoms with Crippen molar-refractivity contribution in [3.63, 3.8) is 0 Å². The third-order valence-electron chi connectivity index (χ3n) is 2.77. The molecule has 0 aromatic carbocycles. The Hall–Kier alpha value is -2.70. The maximum absolute atomic E-state index is 12.2. The van der Waals surface area contributed by atoms with Crippen LogP contribution in [0.1, 0.15) is 33.5 Å². The molecule has 0 saturated carbocycles. The van der Waals surface area contributed by atoms with E-state index in [0.29, 0.717) is 12.2 Å². The molecule has 0 radical (unpaired) electrons. The Morgan fingerprint density at radius 3 is 2.85 bits per heavy atom. The first-order valence-corrected chi connectivity index (χ1v) is 6.12. The van der Waals surface area contributed by atoms with Crippen LogP contribution in [0.15, 0.2) is 24.5 Å². The minimum absolute atomic E-state index is 0.215. The molecule has 0 fully saturated rings. The number of hydrogen-bond donors (Lipinski definition) is 2. The molecule has 2 aromatic rings. The van der Waals surface area contributed by atoms with Crippen molar-refractivity contribution in [3.05, 3.63) is 41.5 Å². The Balaban J connectivity index is 2.30. The van der Waals surface area contributed by atoms with Crippen LogP contribution in [0.2, 0.25) is 0 Å². The maximum atomic E-state index is 12.2. The molecule has 104 valence electrons. The SMILES string of the molecule is CCn1nc(C)cc1C(=O)Nc1cnccc1C(N)=O. The van der Waals surface area contributed by atoms with E-state index in [2.05, 4.69) is 15.4 Å². The van der Waals surface area contributed by atoms with Crippen LogP contribution in [0.25, 0.3) is 0 Å². The lowest BCUT2D eigenvalue weighted by Gasteiger charge is -2.08. The quantitative estimate of drug-likeness (QED) is 0.865. The molecule has 0 aliphatic carbocycles. The first-order valence-electron chi connectivity index (χ1n) is 6.12. The minimum Gasteiger partial charge on any atom is -0.366 e. The third kappa shape index (κ3) is 2.66. The Morgan fingerprint density at radius 1 is 1.45 bits per heavy atom. The van der Waals surface area contributed by atoms with Crippen LogP contribution in [-0.2, 0) is 6.54 Å². The van der Waals surface area contributed by atoms with Crippen molar-refractivity contribution in [1.82, 2.24) is 14.8 Å². The topological polar surface area (TPSA) is 103 Å². The van der Waals surface area contributed by atoms with Gasteiger partial charge in [-0.3, -0.25) is 19.3 Å². The van der Waals surface area contributed by atoms with E-state index in [0.717, 1.165) is 5.69 Å². The number of pyridine rings is 1. The highest BCUT2D eigenvalue weighted by atomic mass is 16.2. The van der Waals surface area contributed by atoms with E-state index in [1.54, 1.807) is 10.7 Å². The Morgan fingerprint density at radius 2 is 2.20 bits per heavy atom. The van der Waals surface area contributed by atoms with Crippen molar-refractivity contribution < 1.29 is 9.59 Å². The largest absolute Gasteiger partial charge is 0.366 e. The van der Waals surface area contributed by atoms with Gasteiger partial charge in [0.15, 0.2) is 0 Å². The molecule has 2 rings (SSSR count). The number of carbonyl (C=O) groups is 2. The third-order valence-corrected chi connectivity index (χ3v) is 2.77. The Bertz CT molecular complexity index is 663. The van der Waals surface area contributed by atoms with Gasteiger partial charge in [-0.2, -0.15) is 5.10 Å². The molecule has 0 aliphatic heterocycles. The van der Waals surface area contributed by atoms with Gasteiger partial charge < -0.3 is 11.1 Å². The second-order valence-corrected chi connectivity index (χ2v) is 4.23. The number of nitrogens with zero attached hydrogens (tertiary/aromatic N) is 3. The Kier molecular flexibility index (Phi) is 3.79. The molecule has 3 N–H and O–H groups in total. The highest BCUT2D eigenvalue weighted by molar-refractivity contribution is 6.07. The predicted molar refractivity (Wildman–Crippen MR) is 73.3 cm³/mol. The van der Waals surface area contributed by atoms with Crippen molar-refractivity contribution in [2.75, 3.05) is 5.32 Å². The first kappa shape index (κ1) is 13.7. The van der Waals surface area contributed by atoms with E-state index < -0.39 is 5.91 Å². The normalized spacial score (nSPS) is 10.3. The molecular formula is C13H15N5O2. The van der Waals surface area contributed by atoms with Gasteiger partial charge in [-0.05, 0) is 26.0 Å². The summed E-state index contributed by atoms with van der Waals surface area (Å²) in [4.78, 5) is 27.4. The smallest absolute Gasteiger partial charge is 0.274 e. The molecule has 0 atom stereocenters. The number of anilines is 1. The van der Waals surface area contributed by atoms with Gasteiger partial charge in [-0.25, -0.2) is 0 Å². The van der Waals surface area contributed by atoms with Crippen molar-refractivity contribution in [2.45, 2.75) is 20.4 Å². The first-order chi connectivity index (χ1) is 9.52. The summed E-state index contributed by atoms with van der Waals surface area (Å²) in [5.41, 5.74) is 6.92. The van der Waals surface area contributed by atoms with Crippen LogP contribution < -0.4 is 11.1 Å². The highest BCUT2D eigenvalue weighted by Gasteiger charge is 2.16. The molecule has 0 bridgehead atoms. The van der Waals surface area contributed by atoms with Gasteiger partial charge >= 0.3 is 0 Å². The summed E-state index contributed by atoms with van der Waals surface area (Å²) >= 11 is 0. The zero-order valence-corrected chi connectivity index (χ0v) is 11.3. The zero-order chi connectivity index (χ0) is 14.7. The van der Waals surface area contributed by atoms with E-state index in [9.17, 15) is 9.59 Å². The molecule has 2 aromatic heterocycles. The summed E-state index contributed by atoms with van der Waals surface area (Å²) in [6, 6.07) is 3.14. The number of nitrogens with two attached hydrogens (primary N) is 1. The average Bonchev–Trinajstić information content (AvgIpc) is 2.80. The van der Waals surface area contributed by atoms with Crippen LogP contribution >= 0.6 is 0 Å². The molecule has 0 unspecified atom stereocenters. The molecule has 0 saturated heterocycles. The fraction of sp³-hybridized carbons (Fsp3) is 0.231. The van der Waals surface area contributed by atoms with Gasteiger partial charge in [-0.15, -0.1) is 0 Å². The fourth-order valence-corrected chi connectivity index (χ4v) is 1.86. The summed E-state index contributed by atoms with van der Waals surface area (Å²) in [5, 5.41) is 6.83. The predicted octanol–water partition coefficient (Wildman–Crippen LogP) is 0.958. The van der Waals surface area contributed by atoms with Gasteiger partial charge in [0.25, 0.3) is 11.8 Å². The van der Waals surface area contributed by atoms with Gasteiger partial charge in [0.05, 0.1) is 23.1 Å². The number of hydrogen-bond acceptors (Lipinski definition) is 4. The van der Waals surface area contributed by atoms with Crippen molar-refractivity contribution in [2.24, 2.45) is 5.73 Å². The van der Waals surface area contributed by atoms with Gasteiger partial charge in [0.1, 0.15) is 5.69 Å². The fourth-order valence-electron chi connectivity index (χ4n) is 1.86. The summed E-state index contributed by atoms with van der Waals surface area (Å²) in [6.07, 6.45) is 2.83. The summed E-state index contributed by atoms with van der Waals surface area (Å²) in [6.45, 7) is 4.27. The number of carbonyl (C=O) groups excluding carboxylic acids is 2. The second-order valence-electron chi connectivity index (χ2n) is 4.23. The Labute approximate surface area is 115 Å². The zero-order valence-electron chi connectivity index (χ0n) is 11.3. The molecule has 2 heterocycles. The molecule has 7 heteroatoms. The van der Waals surface area contributed by atoms with Crippen LogP contribution in [0.4, 0.5) is 5.69 Å². The standard InChI is InChI=1S/C13H15N5O2/c1-3-18-11(6-8(2)17-18)13(20)16-10-7-15-5-4-9(10)12(14)19/h4-7H,3H2,1-2H3,(H2,14,19)(H,16,20). The number of amides is 2. The number of aromatic nitrogens is 3. The van der Waals surface area contributed by atoms with E-state index in [1.165, 1.54) is 18.5 Å². The number of primary amides is 1. The number of nitrogens with one attached hydrogen (secondary N) is 1. The minimum atomic E-state index is -0.622. The van der Waals surface area contributed by atoms with Crippen molar-refractivity contribution in [3.8, 4) is 0 Å². The van der Waals surface area contributed by atoms with Crippen LogP contribution in [0.5, 0.6) is 0 Å². The number of rotatable bonds is 4. The molecule has 0 spiro atoms. The van der Waals surface area contributed by atoms with E-state index in [-0.39, 0.29) is 17.2 Å². The lowest BCUT2D eigenvalue weighted by atomic mass is 10.2. The molecule has 7 nitrogen and oxygen atoms in total. The van der Waals surface area contributed by atoms with E-state index in [4.69, 9.17) is 5.73 Å². The van der Waals surface area contributed by atoms with Crippen LogP contribution in [-0.4, -0.2) is 26.6 Å². The summed E-state index contributed by atoms with van der Waals surface area (Å²) < 4.78 is 1.59. The maximum Gasteiger partial charge on any atom is 0.274 e. The summed E-state index contributed by atoms with van der Waals surface area (Å²) in [7, 11) is 0. The van der Waals surface area contributed by atoms with E-state index >= 15 is 0 Å². The average molecular weight is 273 g/mol. The van der Waals surface area contributed by atoms with Crippen molar-refractivity contribution in [1.29, 1.82) is 0 Å². The lowest BCUT2D eigenvalue weighted by molar-refractivity contribution is 0.100. The lowest BCUT2D eigenvalue weighted by Crippen LogP contribution is -2.21. The monoisotopic (exact) mass is 273 g/mol. The molecule has 20 heavy (non-hydrogen) atoms. The van der Waals surface area contributed by atoms with Gasteiger partial charge in [0.2, 0.25) is 0 Å². The van der Waals surface area contributed by atoms with Gasteiger partial charge in [-0.1, -0.05) is 0 Å².